The Bertz CT molecular complexity index is 3780. The van der Waals surface area contributed by atoms with Gasteiger partial charge in [0, 0.05) is 71.6 Å². The third-order valence-corrected chi connectivity index (χ3v) is 12.9. The summed E-state index contributed by atoms with van der Waals surface area (Å²) in [6.07, 6.45) is 0. The molecule has 5 nitrogen and oxygen atoms in total. The zero-order valence-corrected chi connectivity index (χ0v) is 33.2. The number of hydrogen-bond acceptors (Lipinski definition) is 4. The molecule has 59 heavy (non-hydrogen) atoms. The first kappa shape index (κ1) is 32.9. The fraction of sp³-hybridized carbons (Fsp3) is 0.0943. The SMILES string of the molecule is Cc1cc(-c2cc3c(cc2Nc2ccc(C(C)(C)C)cc2)oc2ccccc23)c2c3c1c1cc4oc5ccccc5c4cc1n3-c1cc3c(cc1B2)oc1ccccc13. The van der Waals surface area contributed by atoms with Crippen LogP contribution in [0.15, 0.2) is 153 Å². The summed E-state index contributed by atoms with van der Waals surface area (Å²) < 4.78 is 22.1. The van der Waals surface area contributed by atoms with Crippen molar-refractivity contribution in [2.75, 3.05) is 5.32 Å². The van der Waals surface area contributed by atoms with Gasteiger partial charge in [0.15, 0.2) is 7.28 Å². The molecule has 0 radical (unpaired) electrons. The molecule has 0 bridgehead atoms. The number of rotatable bonds is 3. The van der Waals surface area contributed by atoms with Gasteiger partial charge in [0.25, 0.3) is 0 Å². The number of furan rings is 3. The van der Waals surface area contributed by atoms with Crippen LogP contribution in [0.2, 0.25) is 0 Å². The Balaban J connectivity index is 1.13. The lowest BCUT2D eigenvalue weighted by atomic mass is 9.58. The Morgan fingerprint density at radius 1 is 0.525 bits per heavy atom. The molecule has 1 aliphatic rings. The van der Waals surface area contributed by atoms with Crippen LogP contribution in [0.5, 0.6) is 0 Å². The second-order valence-electron chi connectivity index (χ2n) is 17.4. The lowest BCUT2D eigenvalue weighted by Gasteiger charge is -2.24. The summed E-state index contributed by atoms with van der Waals surface area (Å²) in [6, 6.07) is 50.1. The molecule has 13 rings (SSSR count). The standard InChI is InChI=1S/C53H37BN2O3/c1-28-21-38(34-22-35-31-11-5-8-14-44(31)59-49(35)27-41(34)55-30-19-17-29(18-20-30)53(2,3)4)51-52-50(28)39-25-47-36(32-12-6-9-15-45(32)57-47)23-42(39)56(52)43-24-37-33-13-7-10-16-46(33)58-48(37)26-40(43)54-51/h5-27,54-55H,1-4H3. The van der Waals surface area contributed by atoms with E-state index in [-0.39, 0.29) is 5.41 Å². The number of hydrogen-bond donors (Lipinski definition) is 1. The number of nitrogens with one attached hydrogen (secondary N) is 1. The fourth-order valence-corrected chi connectivity index (χ4v) is 10.0. The first-order chi connectivity index (χ1) is 28.7. The largest absolute Gasteiger partial charge is 0.456 e. The molecule has 1 aliphatic heterocycles. The predicted octanol–water partition coefficient (Wildman–Crippen LogP) is 13.2. The molecular weight excluding hydrogens is 723 g/mol. The van der Waals surface area contributed by atoms with Gasteiger partial charge in [-0.05, 0) is 95.2 Å². The highest BCUT2D eigenvalue weighted by atomic mass is 16.3. The first-order valence-electron chi connectivity index (χ1n) is 20.4. The Kier molecular flexibility index (Phi) is 6.40. The van der Waals surface area contributed by atoms with Gasteiger partial charge in [0.1, 0.15) is 33.5 Å². The average molecular weight is 761 g/mol. The van der Waals surface area contributed by atoms with Gasteiger partial charge in [0.2, 0.25) is 0 Å². The van der Waals surface area contributed by atoms with E-state index >= 15 is 0 Å². The van der Waals surface area contributed by atoms with E-state index in [0.29, 0.717) is 0 Å². The van der Waals surface area contributed by atoms with Crippen LogP contribution in [0, 0.1) is 6.92 Å². The highest BCUT2D eigenvalue weighted by Crippen LogP contribution is 2.45. The molecule has 0 saturated heterocycles. The quantitative estimate of drug-likeness (QED) is 0.182. The molecule has 1 N–H and O–H groups in total. The number of aromatic nitrogens is 1. The molecule has 280 valence electrons. The smallest absolute Gasteiger partial charge is 0.198 e. The Morgan fingerprint density at radius 3 is 1.75 bits per heavy atom. The van der Waals surface area contributed by atoms with E-state index in [0.717, 1.165) is 90.0 Å². The van der Waals surface area contributed by atoms with Crippen molar-refractivity contribution in [2.45, 2.75) is 33.1 Å². The van der Waals surface area contributed by atoms with Crippen molar-refractivity contribution in [3.05, 3.63) is 151 Å². The van der Waals surface area contributed by atoms with Crippen LogP contribution in [0.4, 0.5) is 11.4 Å². The summed E-state index contributed by atoms with van der Waals surface area (Å²) in [5, 5.41) is 13.0. The maximum absolute atomic E-state index is 6.53. The van der Waals surface area contributed by atoms with Gasteiger partial charge >= 0.3 is 0 Å². The number of para-hydroxylation sites is 3. The fourth-order valence-electron chi connectivity index (χ4n) is 10.0. The monoisotopic (exact) mass is 760 g/mol. The maximum Gasteiger partial charge on any atom is 0.198 e. The van der Waals surface area contributed by atoms with E-state index in [1.165, 1.54) is 55.1 Å². The molecule has 5 heterocycles. The van der Waals surface area contributed by atoms with Crippen molar-refractivity contribution in [2.24, 2.45) is 0 Å². The molecule has 12 aromatic rings. The molecule has 0 fully saturated rings. The van der Waals surface area contributed by atoms with E-state index in [9.17, 15) is 0 Å². The minimum Gasteiger partial charge on any atom is -0.456 e. The second-order valence-corrected chi connectivity index (χ2v) is 17.4. The minimum atomic E-state index is 0.0603. The van der Waals surface area contributed by atoms with Crippen LogP contribution in [0.1, 0.15) is 31.9 Å². The van der Waals surface area contributed by atoms with Gasteiger partial charge in [-0.3, -0.25) is 0 Å². The van der Waals surface area contributed by atoms with E-state index in [1.807, 2.05) is 18.2 Å². The summed E-state index contributed by atoms with van der Waals surface area (Å²) in [5.74, 6) is 0. The molecule has 0 aliphatic carbocycles. The van der Waals surface area contributed by atoms with Crippen LogP contribution >= 0.6 is 0 Å². The molecule has 8 aromatic carbocycles. The van der Waals surface area contributed by atoms with Crippen molar-refractivity contribution in [3.63, 3.8) is 0 Å². The molecule has 0 unspecified atom stereocenters. The van der Waals surface area contributed by atoms with Gasteiger partial charge in [-0.1, -0.05) is 99.0 Å². The summed E-state index contributed by atoms with van der Waals surface area (Å²) in [4.78, 5) is 0. The predicted molar refractivity (Wildman–Crippen MR) is 248 cm³/mol. The normalized spacial score (nSPS) is 12.9. The molecule has 6 heteroatoms. The van der Waals surface area contributed by atoms with Gasteiger partial charge in [0.05, 0.1) is 11.2 Å². The second kappa shape index (κ2) is 11.5. The molecule has 4 aromatic heterocycles. The van der Waals surface area contributed by atoms with Crippen molar-refractivity contribution in [3.8, 4) is 16.8 Å². The summed E-state index contributed by atoms with van der Waals surface area (Å²) in [7, 11) is 0.744. The molecular formula is C53H37BN2O3. The van der Waals surface area contributed by atoms with E-state index in [1.54, 1.807) is 0 Å². The van der Waals surface area contributed by atoms with Crippen LogP contribution in [-0.2, 0) is 5.41 Å². The van der Waals surface area contributed by atoms with Crippen LogP contribution in [0.3, 0.4) is 0 Å². The third kappa shape index (κ3) is 4.63. The van der Waals surface area contributed by atoms with Crippen molar-refractivity contribution in [1.29, 1.82) is 0 Å². The Labute approximate surface area is 339 Å². The lowest BCUT2D eigenvalue weighted by Crippen LogP contribution is -2.37. The van der Waals surface area contributed by atoms with Crippen molar-refractivity contribution in [1.82, 2.24) is 4.57 Å². The number of benzene rings is 8. The highest BCUT2D eigenvalue weighted by Gasteiger charge is 2.30. The summed E-state index contributed by atoms with van der Waals surface area (Å²) in [5.41, 5.74) is 18.4. The van der Waals surface area contributed by atoms with Gasteiger partial charge < -0.3 is 23.1 Å². The minimum absolute atomic E-state index is 0.0603. The average Bonchev–Trinajstić information content (AvgIpc) is 3.99. The van der Waals surface area contributed by atoms with E-state index < -0.39 is 0 Å². The van der Waals surface area contributed by atoms with Gasteiger partial charge in [-0.2, -0.15) is 0 Å². The summed E-state index contributed by atoms with van der Waals surface area (Å²) in [6.45, 7) is 9.03. The third-order valence-electron chi connectivity index (χ3n) is 12.9. The Morgan fingerprint density at radius 2 is 1.10 bits per heavy atom. The highest BCUT2D eigenvalue weighted by molar-refractivity contribution is 6.74. The number of aryl methyl sites for hydroxylation is 1. The number of nitrogens with zero attached hydrogens (tertiary/aromatic N) is 1. The zero-order valence-electron chi connectivity index (χ0n) is 33.2. The van der Waals surface area contributed by atoms with Crippen molar-refractivity contribution < 1.29 is 13.3 Å². The van der Waals surface area contributed by atoms with Crippen LogP contribution < -0.4 is 16.2 Å². The first-order valence-corrected chi connectivity index (χ1v) is 20.4. The summed E-state index contributed by atoms with van der Waals surface area (Å²) >= 11 is 0. The molecule has 0 atom stereocenters. The number of anilines is 2. The zero-order chi connectivity index (χ0) is 39.3. The molecule has 0 saturated carbocycles. The maximum atomic E-state index is 6.53. The molecule has 0 spiro atoms. The topological polar surface area (TPSA) is 56.4 Å². The Hall–Kier alpha value is -7.18. The van der Waals surface area contributed by atoms with Crippen LogP contribution in [-0.4, -0.2) is 11.8 Å². The van der Waals surface area contributed by atoms with E-state index in [2.05, 4.69) is 159 Å². The van der Waals surface area contributed by atoms with Crippen LogP contribution in [0.25, 0.3) is 104 Å². The number of fused-ring (bicyclic) bond motifs is 14. The van der Waals surface area contributed by atoms with E-state index in [4.69, 9.17) is 13.3 Å². The van der Waals surface area contributed by atoms with Crippen molar-refractivity contribution >= 4 is 117 Å². The lowest BCUT2D eigenvalue weighted by molar-refractivity contribution is 0.590. The van der Waals surface area contributed by atoms with Gasteiger partial charge in [-0.15, -0.1) is 0 Å². The molecule has 0 amide bonds. The van der Waals surface area contributed by atoms with Gasteiger partial charge in [-0.25, -0.2) is 0 Å².